The van der Waals surface area contributed by atoms with Gasteiger partial charge in [-0.25, -0.2) is 4.98 Å². The molecule has 0 bridgehead atoms. The Kier molecular flexibility index (Phi) is 4.35. The summed E-state index contributed by atoms with van der Waals surface area (Å²) in [5.41, 5.74) is 6.63. The Morgan fingerprint density at radius 3 is 2.65 bits per heavy atom. The molecule has 1 aromatic rings. The minimum Gasteiger partial charge on any atom is -0.368 e. The van der Waals surface area contributed by atoms with Gasteiger partial charge in [0.15, 0.2) is 0 Å². The number of carbonyl (C=O) groups excluding carboxylic acids is 2. The Labute approximate surface area is 136 Å². The monoisotopic (exact) mass is 317 g/mol. The van der Waals surface area contributed by atoms with Gasteiger partial charge in [-0.2, -0.15) is 0 Å². The topological polar surface area (TPSA) is 85.5 Å². The fourth-order valence-corrected chi connectivity index (χ4v) is 3.66. The van der Waals surface area contributed by atoms with E-state index in [1.807, 2.05) is 24.0 Å². The average Bonchev–Trinajstić information content (AvgIpc) is 2.53. The predicted octanol–water partition coefficient (Wildman–Crippen LogP) is 1.28. The zero-order chi connectivity index (χ0) is 16.4. The number of piperidine rings is 1. The van der Waals surface area contributed by atoms with Gasteiger partial charge < -0.3 is 15.4 Å². The van der Waals surface area contributed by atoms with Gasteiger partial charge in [0.05, 0.1) is 6.10 Å². The van der Waals surface area contributed by atoms with Crippen molar-refractivity contribution in [3.63, 3.8) is 0 Å². The van der Waals surface area contributed by atoms with Gasteiger partial charge in [0.25, 0.3) is 5.91 Å². The van der Waals surface area contributed by atoms with Crippen LogP contribution in [0.4, 0.5) is 0 Å². The molecule has 2 N–H and O–H groups in total. The number of ether oxygens (including phenoxy) is 1. The minimum atomic E-state index is -0.426. The number of carbonyl (C=O) groups is 2. The second-order valence-electron chi connectivity index (χ2n) is 6.62. The van der Waals surface area contributed by atoms with Crippen LogP contribution in [0.1, 0.15) is 41.9 Å². The van der Waals surface area contributed by atoms with Gasteiger partial charge in [-0.15, -0.1) is 0 Å². The summed E-state index contributed by atoms with van der Waals surface area (Å²) in [5.74, 6) is -0.428. The molecule has 1 saturated carbocycles. The lowest BCUT2D eigenvalue weighted by molar-refractivity contribution is -0.149. The number of hydrogen-bond acceptors (Lipinski definition) is 4. The van der Waals surface area contributed by atoms with Crippen molar-refractivity contribution in [2.75, 3.05) is 19.7 Å². The molecule has 23 heavy (non-hydrogen) atoms. The van der Waals surface area contributed by atoms with Gasteiger partial charge in [-0.3, -0.25) is 9.59 Å². The number of amides is 2. The number of aryl methyl sites for hydroxylation is 1. The maximum Gasteiger partial charge on any atom is 0.272 e. The molecular weight excluding hydrogens is 294 g/mol. The Morgan fingerprint density at radius 1 is 1.35 bits per heavy atom. The van der Waals surface area contributed by atoms with Crippen LogP contribution < -0.4 is 5.73 Å². The van der Waals surface area contributed by atoms with E-state index >= 15 is 0 Å². The third-order valence-corrected chi connectivity index (χ3v) is 5.17. The third-order valence-electron chi connectivity index (χ3n) is 5.17. The summed E-state index contributed by atoms with van der Waals surface area (Å²) in [6.45, 7) is 3.30. The van der Waals surface area contributed by atoms with Crippen molar-refractivity contribution >= 4 is 11.8 Å². The summed E-state index contributed by atoms with van der Waals surface area (Å²) < 4.78 is 5.64. The van der Waals surface area contributed by atoms with Crippen LogP contribution in [-0.2, 0) is 9.53 Å². The smallest absolute Gasteiger partial charge is 0.272 e. The van der Waals surface area contributed by atoms with Crippen LogP contribution in [0.15, 0.2) is 18.2 Å². The predicted molar refractivity (Wildman–Crippen MR) is 84.7 cm³/mol. The highest BCUT2D eigenvalue weighted by molar-refractivity contribution is 5.92. The molecule has 0 radical (unpaired) electrons. The maximum atomic E-state index is 12.5. The number of rotatable bonds is 4. The number of pyridine rings is 1. The average molecular weight is 317 g/mol. The maximum absolute atomic E-state index is 12.5. The second-order valence-corrected chi connectivity index (χ2v) is 6.62. The van der Waals surface area contributed by atoms with Gasteiger partial charge in [-0.1, -0.05) is 6.07 Å². The molecule has 1 saturated heterocycles. The number of aromatic nitrogens is 1. The van der Waals surface area contributed by atoms with Crippen molar-refractivity contribution in [2.24, 2.45) is 11.1 Å². The molecule has 2 aliphatic rings. The first kappa shape index (κ1) is 15.9. The summed E-state index contributed by atoms with van der Waals surface area (Å²) in [5, 5.41) is 0. The SMILES string of the molecule is Cc1cccc(C(=O)N2CCC3(CCC3OCC(N)=O)CC2)n1. The lowest BCUT2D eigenvalue weighted by Gasteiger charge is -2.53. The van der Waals surface area contributed by atoms with E-state index in [1.165, 1.54) is 0 Å². The fourth-order valence-electron chi connectivity index (χ4n) is 3.66. The minimum absolute atomic E-state index is 0.00234. The van der Waals surface area contributed by atoms with E-state index in [4.69, 9.17) is 10.5 Å². The third kappa shape index (κ3) is 3.22. The Morgan fingerprint density at radius 2 is 2.09 bits per heavy atom. The van der Waals surface area contributed by atoms with E-state index in [2.05, 4.69) is 4.98 Å². The molecular formula is C17H23N3O3. The molecule has 1 aliphatic heterocycles. The van der Waals surface area contributed by atoms with Gasteiger partial charge in [0.2, 0.25) is 5.91 Å². The number of likely N-dealkylation sites (tertiary alicyclic amines) is 1. The number of nitrogens with zero attached hydrogens (tertiary/aromatic N) is 2. The summed E-state index contributed by atoms with van der Waals surface area (Å²) in [6.07, 6.45) is 3.99. The van der Waals surface area contributed by atoms with Crippen molar-refractivity contribution in [3.8, 4) is 0 Å². The molecule has 2 amide bonds. The van der Waals surface area contributed by atoms with Crippen molar-refractivity contribution in [2.45, 2.75) is 38.7 Å². The van der Waals surface area contributed by atoms with Crippen LogP contribution in [0.3, 0.4) is 0 Å². The molecule has 1 aliphatic carbocycles. The molecule has 1 atom stereocenters. The normalized spacial score (nSPS) is 22.7. The zero-order valence-corrected chi connectivity index (χ0v) is 13.5. The quantitative estimate of drug-likeness (QED) is 0.906. The van der Waals surface area contributed by atoms with Crippen LogP contribution in [0, 0.1) is 12.3 Å². The first-order chi connectivity index (χ1) is 11.0. The Bertz CT molecular complexity index is 609. The van der Waals surface area contributed by atoms with E-state index in [0.717, 1.165) is 31.4 Å². The first-order valence-corrected chi connectivity index (χ1v) is 8.13. The summed E-state index contributed by atoms with van der Waals surface area (Å²) in [6, 6.07) is 5.51. The molecule has 124 valence electrons. The van der Waals surface area contributed by atoms with Crippen LogP contribution >= 0.6 is 0 Å². The summed E-state index contributed by atoms with van der Waals surface area (Å²) in [4.78, 5) is 29.6. The van der Waals surface area contributed by atoms with Crippen LogP contribution in [0.5, 0.6) is 0 Å². The Hall–Kier alpha value is -1.95. The molecule has 2 fully saturated rings. The largest absolute Gasteiger partial charge is 0.368 e. The van der Waals surface area contributed by atoms with E-state index in [1.54, 1.807) is 6.07 Å². The highest BCUT2D eigenvalue weighted by atomic mass is 16.5. The van der Waals surface area contributed by atoms with Crippen molar-refractivity contribution < 1.29 is 14.3 Å². The lowest BCUT2D eigenvalue weighted by Crippen LogP contribution is -2.54. The summed E-state index contributed by atoms with van der Waals surface area (Å²) in [7, 11) is 0. The molecule has 6 heteroatoms. The number of hydrogen-bond donors (Lipinski definition) is 1. The molecule has 3 rings (SSSR count). The molecule has 6 nitrogen and oxygen atoms in total. The first-order valence-electron chi connectivity index (χ1n) is 8.13. The molecule has 0 aromatic carbocycles. The van der Waals surface area contributed by atoms with Crippen LogP contribution in [-0.4, -0.2) is 47.5 Å². The van der Waals surface area contributed by atoms with Crippen LogP contribution in [0.2, 0.25) is 0 Å². The van der Waals surface area contributed by atoms with E-state index in [0.29, 0.717) is 18.8 Å². The standard InChI is InChI=1S/C17H23N3O3/c1-12-3-2-4-13(19-12)16(22)20-9-7-17(8-10-20)6-5-14(17)23-11-15(18)21/h2-4,14H,5-11H2,1H3,(H2,18,21). The highest BCUT2D eigenvalue weighted by Crippen LogP contribution is 2.50. The molecule has 1 aromatic heterocycles. The van der Waals surface area contributed by atoms with Crippen LogP contribution in [0.25, 0.3) is 0 Å². The van der Waals surface area contributed by atoms with Gasteiger partial charge in [-0.05, 0) is 44.7 Å². The van der Waals surface area contributed by atoms with Gasteiger partial charge in [0, 0.05) is 24.2 Å². The van der Waals surface area contributed by atoms with Gasteiger partial charge >= 0.3 is 0 Å². The highest BCUT2D eigenvalue weighted by Gasteiger charge is 2.49. The Balaban J connectivity index is 1.58. The molecule has 1 unspecified atom stereocenters. The fraction of sp³-hybridized carbons (Fsp3) is 0.588. The van der Waals surface area contributed by atoms with Crippen molar-refractivity contribution in [1.82, 2.24) is 9.88 Å². The lowest BCUT2D eigenvalue weighted by atomic mass is 9.60. The van der Waals surface area contributed by atoms with E-state index in [-0.39, 0.29) is 24.0 Å². The van der Waals surface area contributed by atoms with E-state index < -0.39 is 5.91 Å². The number of primary amides is 1. The van der Waals surface area contributed by atoms with Crippen molar-refractivity contribution in [3.05, 3.63) is 29.6 Å². The van der Waals surface area contributed by atoms with E-state index in [9.17, 15) is 9.59 Å². The van der Waals surface area contributed by atoms with Gasteiger partial charge in [0.1, 0.15) is 12.3 Å². The zero-order valence-electron chi connectivity index (χ0n) is 13.5. The molecule has 2 heterocycles. The summed E-state index contributed by atoms with van der Waals surface area (Å²) >= 11 is 0. The second kappa shape index (κ2) is 6.28. The number of nitrogens with two attached hydrogens (primary N) is 1. The molecule has 1 spiro atoms. The van der Waals surface area contributed by atoms with Crippen molar-refractivity contribution in [1.29, 1.82) is 0 Å².